The minimum Gasteiger partial charge on any atom is -0.453 e. The van der Waals surface area contributed by atoms with Crippen LogP contribution in [0.4, 0.5) is 8.78 Å². The molecule has 0 amide bonds. The second-order valence-electron chi connectivity index (χ2n) is 2.17. The van der Waals surface area contributed by atoms with Crippen LogP contribution < -0.4 is 0 Å². The zero-order chi connectivity index (χ0) is 7.84. The predicted octanol–water partition coefficient (Wildman–Crippen LogP) is 2.51. The van der Waals surface area contributed by atoms with Gasteiger partial charge in [0.05, 0.1) is 0 Å². The fourth-order valence-corrected chi connectivity index (χ4v) is 0.902. The summed E-state index contributed by atoms with van der Waals surface area (Å²) in [6.45, 7) is 0. The van der Waals surface area contributed by atoms with Crippen LogP contribution in [0.1, 0.15) is 0 Å². The Morgan fingerprint density at radius 2 is 1.91 bits per heavy atom. The van der Waals surface area contributed by atoms with E-state index < -0.39 is 11.6 Å². The van der Waals surface area contributed by atoms with Crippen molar-refractivity contribution in [3.8, 4) is 0 Å². The van der Waals surface area contributed by atoms with Crippen molar-refractivity contribution in [2.45, 2.75) is 0 Å². The van der Waals surface area contributed by atoms with Crippen molar-refractivity contribution >= 4 is 11.0 Å². The number of rotatable bonds is 0. The minimum absolute atomic E-state index is 0.309. The molecule has 0 fully saturated rings. The number of fused-ring (bicyclic) bond motifs is 1. The Kier molecular flexibility index (Phi) is 1.18. The van der Waals surface area contributed by atoms with Gasteiger partial charge in [0.15, 0.2) is 17.9 Å². The Balaban J connectivity index is 2.86. The number of hydrogen-bond donors (Lipinski definition) is 0. The molecule has 1 radical (unpaired) electrons. The standard InChI is InChI=1S/C8H3F2O/c9-6-3-5-1-2-11-8(5)4-7(6)10/h1,3-4H. The summed E-state index contributed by atoms with van der Waals surface area (Å²) < 4.78 is 29.7. The lowest BCUT2D eigenvalue weighted by molar-refractivity contribution is 0.507. The summed E-state index contributed by atoms with van der Waals surface area (Å²) in [4.78, 5) is 0. The van der Waals surface area contributed by atoms with Crippen LogP contribution in [-0.2, 0) is 0 Å². The SMILES string of the molecule is Fc1cc2c[c]oc2cc1F. The topological polar surface area (TPSA) is 13.1 Å². The Hall–Kier alpha value is -1.38. The summed E-state index contributed by atoms with van der Waals surface area (Å²) in [6.07, 6.45) is 2.38. The van der Waals surface area contributed by atoms with Crippen molar-refractivity contribution in [3.63, 3.8) is 0 Å². The third-order valence-corrected chi connectivity index (χ3v) is 1.44. The smallest absolute Gasteiger partial charge is 0.170 e. The Morgan fingerprint density at radius 3 is 2.73 bits per heavy atom. The largest absolute Gasteiger partial charge is 0.453 e. The Morgan fingerprint density at radius 1 is 1.18 bits per heavy atom. The molecular formula is C8H3F2O. The maximum absolute atomic E-state index is 12.5. The van der Waals surface area contributed by atoms with E-state index in [2.05, 4.69) is 6.26 Å². The van der Waals surface area contributed by atoms with Gasteiger partial charge in [0.2, 0.25) is 0 Å². The molecule has 0 spiro atoms. The minimum atomic E-state index is -0.902. The van der Waals surface area contributed by atoms with E-state index in [-0.39, 0.29) is 0 Å². The van der Waals surface area contributed by atoms with Crippen LogP contribution in [-0.4, -0.2) is 0 Å². The number of halogens is 2. The van der Waals surface area contributed by atoms with Crippen molar-refractivity contribution in [2.75, 3.05) is 0 Å². The fourth-order valence-electron chi connectivity index (χ4n) is 0.902. The van der Waals surface area contributed by atoms with Gasteiger partial charge in [0.1, 0.15) is 5.58 Å². The molecule has 0 aliphatic carbocycles. The molecule has 55 valence electrons. The quantitative estimate of drug-likeness (QED) is 0.566. The molecule has 0 aliphatic heterocycles. The molecule has 2 aromatic rings. The molecule has 1 nitrogen and oxygen atoms in total. The monoisotopic (exact) mass is 153 g/mol. The van der Waals surface area contributed by atoms with Crippen molar-refractivity contribution in [1.29, 1.82) is 0 Å². The van der Waals surface area contributed by atoms with Gasteiger partial charge in [-0.3, -0.25) is 0 Å². The van der Waals surface area contributed by atoms with E-state index in [1.165, 1.54) is 6.07 Å². The van der Waals surface area contributed by atoms with E-state index in [4.69, 9.17) is 4.42 Å². The zero-order valence-corrected chi connectivity index (χ0v) is 5.40. The maximum atomic E-state index is 12.5. The lowest BCUT2D eigenvalue weighted by atomic mass is 10.2. The first-order valence-electron chi connectivity index (χ1n) is 3.02. The first-order chi connectivity index (χ1) is 5.27. The van der Waals surface area contributed by atoms with Gasteiger partial charge in [-0.15, -0.1) is 0 Å². The van der Waals surface area contributed by atoms with Gasteiger partial charge in [-0.1, -0.05) is 0 Å². The molecule has 0 saturated carbocycles. The average molecular weight is 153 g/mol. The van der Waals surface area contributed by atoms with E-state index in [0.29, 0.717) is 11.0 Å². The first kappa shape index (κ1) is 6.34. The van der Waals surface area contributed by atoms with E-state index in [1.54, 1.807) is 0 Å². The third-order valence-electron chi connectivity index (χ3n) is 1.44. The van der Waals surface area contributed by atoms with E-state index >= 15 is 0 Å². The average Bonchev–Trinajstić information content (AvgIpc) is 2.36. The molecule has 1 aromatic heterocycles. The van der Waals surface area contributed by atoms with E-state index in [9.17, 15) is 8.78 Å². The highest BCUT2D eigenvalue weighted by Gasteiger charge is 2.04. The van der Waals surface area contributed by atoms with Crippen LogP contribution in [0.2, 0.25) is 0 Å². The van der Waals surface area contributed by atoms with Crippen molar-refractivity contribution in [2.24, 2.45) is 0 Å². The van der Waals surface area contributed by atoms with Crippen LogP contribution in [0.15, 0.2) is 22.6 Å². The predicted molar refractivity (Wildman–Crippen MR) is 35.0 cm³/mol. The van der Waals surface area contributed by atoms with Gasteiger partial charge in [-0.25, -0.2) is 8.78 Å². The molecule has 11 heavy (non-hydrogen) atoms. The summed E-state index contributed by atoms with van der Waals surface area (Å²) in [5.41, 5.74) is 0.309. The van der Waals surface area contributed by atoms with Gasteiger partial charge < -0.3 is 4.42 Å². The third kappa shape index (κ3) is 0.888. The van der Waals surface area contributed by atoms with Gasteiger partial charge in [0.25, 0.3) is 0 Å². The van der Waals surface area contributed by atoms with Crippen LogP contribution >= 0.6 is 0 Å². The molecule has 0 saturated heterocycles. The molecule has 0 bridgehead atoms. The first-order valence-corrected chi connectivity index (χ1v) is 3.02. The Bertz CT molecular complexity index is 356. The molecule has 0 atom stereocenters. The van der Waals surface area contributed by atoms with E-state index in [1.807, 2.05) is 0 Å². The molecule has 1 heterocycles. The van der Waals surface area contributed by atoms with Crippen LogP contribution in [0, 0.1) is 17.9 Å². The second-order valence-corrected chi connectivity index (χ2v) is 2.17. The Labute approximate surface area is 61.2 Å². The van der Waals surface area contributed by atoms with Crippen LogP contribution in [0.5, 0.6) is 0 Å². The molecule has 3 heteroatoms. The summed E-state index contributed by atoms with van der Waals surface area (Å²) in [7, 11) is 0. The van der Waals surface area contributed by atoms with E-state index in [0.717, 1.165) is 12.1 Å². The van der Waals surface area contributed by atoms with Crippen molar-refractivity contribution in [1.82, 2.24) is 0 Å². The number of benzene rings is 1. The molecule has 0 unspecified atom stereocenters. The molecule has 2 rings (SSSR count). The lowest BCUT2D eigenvalue weighted by Crippen LogP contribution is -1.80. The number of furan rings is 1. The summed E-state index contributed by atoms with van der Waals surface area (Å²) in [6, 6.07) is 3.53. The summed E-state index contributed by atoms with van der Waals surface area (Å²) in [5.74, 6) is -1.77. The van der Waals surface area contributed by atoms with Crippen molar-refractivity contribution < 1.29 is 13.2 Å². The fraction of sp³-hybridized carbons (Fsp3) is 0. The van der Waals surface area contributed by atoms with Gasteiger partial charge in [-0.05, 0) is 12.1 Å². The summed E-state index contributed by atoms with van der Waals surface area (Å²) >= 11 is 0. The second kappa shape index (κ2) is 2.05. The highest BCUT2D eigenvalue weighted by molar-refractivity contribution is 5.76. The van der Waals surface area contributed by atoms with Crippen molar-refractivity contribution in [3.05, 3.63) is 36.1 Å². The molecule has 0 N–H and O–H groups in total. The van der Waals surface area contributed by atoms with Gasteiger partial charge in [0, 0.05) is 11.5 Å². The molecular weight excluding hydrogens is 150 g/mol. The van der Waals surface area contributed by atoms with Crippen LogP contribution in [0.25, 0.3) is 11.0 Å². The van der Waals surface area contributed by atoms with Gasteiger partial charge in [-0.2, -0.15) is 0 Å². The lowest BCUT2D eigenvalue weighted by Gasteiger charge is -1.90. The molecule has 0 aliphatic rings. The normalized spacial score (nSPS) is 10.7. The molecule has 1 aromatic carbocycles. The highest BCUT2D eigenvalue weighted by atomic mass is 19.2. The number of hydrogen-bond acceptors (Lipinski definition) is 1. The van der Waals surface area contributed by atoms with Crippen LogP contribution in [0.3, 0.4) is 0 Å². The zero-order valence-electron chi connectivity index (χ0n) is 5.40. The van der Waals surface area contributed by atoms with Gasteiger partial charge >= 0.3 is 0 Å². The summed E-state index contributed by atoms with van der Waals surface area (Å²) in [5, 5.41) is 0.518. The maximum Gasteiger partial charge on any atom is 0.170 e. The highest BCUT2D eigenvalue weighted by Crippen LogP contribution is 2.18.